The van der Waals surface area contributed by atoms with Gasteiger partial charge in [0.2, 0.25) is 0 Å². The molecule has 4 rings (SSSR count). The number of methoxy groups -OCH3 is 1. The first-order valence-corrected chi connectivity index (χ1v) is 10.6. The lowest BCUT2D eigenvalue weighted by Gasteiger charge is -2.34. The van der Waals surface area contributed by atoms with Gasteiger partial charge in [0, 0.05) is 6.42 Å². The molecule has 34 heavy (non-hydrogen) atoms. The molecule has 1 aliphatic heterocycles. The number of nitrogens with zero attached hydrogens (tertiary/aromatic N) is 2. The van der Waals surface area contributed by atoms with Crippen molar-refractivity contribution in [3.05, 3.63) is 107 Å². The molecule has 8 heteroatoms. The fourth-order valence-electron chi connectivity index (χ4n) is 3.75. The number of hydrogen-bond donors (Lipinski definition) is 0. The van der Waals surface area contributed by atoms with Gasteiger partial charge in [-0.2, -0.15) is 10.0 Å². The van der Waals surface area contributed by atoms with Crippen LogP contribution in [0.5, 0.6) is 0 Å². The van der Waals surface area contributed by atoms with E-state index in [2.05, 4.69) is 0 Å². The van der Waals surface area contributed by atoms with Crippen molar-refractivity contribution in [1.29, 1.82) is 0 Å². The van der Waals surface area contributed by atoms with Crippen molar-refractivity contribution in [2.75, 3.05) is 7.11 Å². The normalized spacial score (nSPS) is 13.3. The van der Waals surface area contributed by atoms with Crippen LogP contribution in [0.25, 0.3) is 0 Å². The van der Waals surface area contributed by atoms with Crippen LogP contribution in [0.2, 0.25) is 0 Å². The number of carbonyl (C=O) groups is 4. The summed E-state index contributed by atoms with van der Waals surface area (Å²) in [5, 5.41) is 1.44. The molecule has 3 amide bonds. The Morgan fingerprint density at radius 2 is 1.29 bits per heavy atom. The molecule has 0 fully saturated rings. The second-order valence-corrected chi connectivity index (χ2v) is 7.58. The van der Waals surface area contributed by atoms with Crippen LogP contribution in [0, 0.1) is 0 Å². The maximum Gasteiger partial charge on any atom is 0.430 e. The lowest BCUT2D eigenvalue weighted by Crippen LogP contribution is -2.58. The Bertz CT molecular complexity index is 1180. The zero-order valence-corrected chi connectivity index (χ0v) is 18.4. The maximum atomic E-state index is 13.3. The summed E-state index contributed by atoms with van der Waals surface area (Å²) in [6.07, 6.45) is -1.02. The highest BCUT2D eigenvalue weighted by Crippen LogP contribution is 2.27. The molecule has 3 aromatic rings. The first-order valence-electron chi connectivity index (χ1n) is 10.6. The van der Waals surface area contributed by atoms with E-state index in [-0.39, 0.29) is 24.2 Å². The molecule has 3 aromatic carbocycles. The number of hydrogen-bond acceptors (Lipinski definition) is 6. The van der Waals surface area contributed by atoms with Gasteiger partial charge in [-0.3, -0.25) is 9.59 Å². The van der Waals surface area contributed by atoms with Gasteiger partial charge in [-0.1, -0.05) is 72.8 Å². The van der Waals surface area contributed by atoms with Gasteiger partial charge in [0.05, 0.1) is 18.2 Å². The zero-order valence-electron chi connectivity index (χ0n) is 18.4. The van der Waals surface area contributed by atoms with Crippen LogP contribution >= 0.6 is 0 Å². The Labute approximate surface area is 196 Å². The fraction of sp³-hybridized carbons (Fsp3) is 0.154. The van der Waals surface area contributed by atoms with Gasteiger partial charge in [-0.15, -0.1) is 0 Å². The number of fused-ring (bicyclic) bond motifs is 1. The predicted octanol–water partition coefficient (Wildman–Crippen LogP) is 3.62. The summed E-state index contributed by atoms with van der Waals surface area (Å²) >= 11 is 0. The van der Waals surface area contributed by atoms with Crippen molar-refractivity contribution < 1.29 is 28.7 Å². The summed E-state index contributed by atoms with van der Waals surface area (Å²) in [5.74, 6) is -2.24. The van der Waals surface area contributed by atoms with E-state index in [1.54, 1.807) is 60.7 Å². The van der Waals surface area contributed by atoms with Gasteiger partial charge < -0.3 is 9.47 Å². The standard InChI is InChI=1S/C26H22N2O6/c1-33-25(31)22(16-18-10-4-2-5-11-18)27(26(32)34-17-19-12-6-3-7-13-19)28-23(29)20-14-8-9-15-21(20)24(28)30/h2-15,22H,16-17H2,1H3/t22-/m1/s1. The number of hydrazine groups is 1. The Hall–Kier alpha value is -4.46. The highest BCUT2D eigenvalue weighted by atomic mass is 16.6. The largest absolute Gasteiger partial charge is 0.467 e. The van der Waals surface area contributed by atoms with E-state index in [0.717, 1.165) is 5.01 Å². The van der Waals surface area contributed by atoms with Crippen molar-refractivity contribution in [3.8, 4) is 0 Å². The third kappa shape index (κ3) is 4.52. The average molecular weight is 458 g/mol. The van der Waals surface area contributed by atoms with Crippen LogP contribution in [-0.4, -0.2) is 47.0 Å². The number of imide groups is 1. The van der Waals surface area contributed by atoms with Gasteiger partial charge in [0.1, 0.15) is 6.61 Å². The van der Waals surface area contributed by atoms with E-state index < -0.39 is 29.9 Å². The van der Waals surface area contributed by atoms with Crippen LogP contribution in [0.4, 0.5) is 4.79 Å². The van der Waals surface area contributed by atoms with Crippen molar-refractivity contribution in [3.63, 3.8) is 0 Å². The van der Waals surface area contributed by atoms with Crippen LogP contribution < -0.4 is 0 Å². The molecule has 1 heterocycles. The molecule has 172 valence electrons. The number of benzene rings is 3. The summed E-state index contributed by atoms with van der Waals surface area (Å²) < 4.78 is 10.4. The van der Waals surface area contributed by atoms with Gasteiger partial charge in [-0.05, 0) is 23.3 Å². The molecule has 0 radical (unpaired) electrons. The minimum Gasteiger partial charge on any atom is -0.467 e. The molecule has 0 N–H and O–H groups in total. The third-order valence-corrected chi connectivity index (χ3v) is 5.42. The molecule has 0 unspecified atom stereocenters. The molecule has 1 atom stereocenters. The monoisotopic (exact) mass is 458 g/mol. The van der Waals surface area contributed by atoms with Crippen molar-refractivity contribution in [2.45, 2.75) is 19.1 Å². The van der Waals surface area contributed by atoms with Crippen LogP contribution in [0.3, 0.4) is 0 Å². The lowest BCUT2D eigenvalue weighted by atomic mass is 10.1. The molecule has 0 aliphatic carbocycles. The molecular weight excluding hydrogens is 436 g/mol. The number of esters is 1. The zero-order chi connectivity index (χ0) is 24.1. The second-order valence-electron chi connectivity index (χ2n) is 7.58. The van der Waals surface area contributed by atoms with Gasteiger partial charge in [0.25, 0.3) is 11.8 Å². The maximum absolute atomic E-state index is 13.3. The smallest absolute Gasteiger partial charge is 0.430 e. The molecule has 0 saturated carbocycles. The highest BCUT2D eigenvalue weighted by molar-refractivity contribution is 6.21. The van der Waals surface area contributed by atoms with E-state index in [1.165, 1.54) is 19.2 Å². The van der Waals surface area contributed by atoms with E-state index >= 15 is 0 Å². The molecular formula is C26H22N2O6. The fourth-order valence-corrected chi connectivity index (χ4v) is 3.75. The minimum atomic E-state index is -1.32. The highest BCUT2D eigenvalue weighted by Gasteiger charge is 2.47. The van der Waals surface area contributed by atoms with E-state index in [0.29, 0.717) is 16.1 Å². The van der Waals surface area contributed by atoms with E-state index in [9.17, 15) is 19.2 Å². The SMILES string of the molecule is COC(=O)[C@@H](Cc1ccccc1)N(C(=O)OCc1ccccc1)N1C(=O)c2ccccc2C1=O. The Balaban J connectivity index is 1.72. The molecule has 0 spiro atoms. The van der Waals surface area contributed by atoms with Crippen molar-refractivity contribution in [1.82, 2.24) is 10.0 Å². The predicted molar refractivity (Wildman–Crippen MR) is 121 cm³/mol. The molecule has 0 saturated heterocycles. The van der Waals surface area contributed by atoms with Gasteiger partial charge >= 0.3 is 12.1 Å². The molecule has 0 aromatic heterocycles. The first kappa shape index (κ1) is 22.7. The Morgan fingerprint density at radius 3 is 1.82 bits per heavy atom. The molecule has 8 nitrogen and oxygen atoms in total. The van der Waals surface area contributed by atoms with Crippen LogP contribution in [0.1, 0.15) is 31.8 Å². The first-order chi connectivity index (χ1) is 16.5. The Kier molecular flexibility index (Phi) is 6.68. The lowest BCUT2D eigenvalue weighted by molar-refractivity contribution is -0.150. The number of carbonyl (C=O) groups excluding carboxylic acids is 4. The van der Waals surface area contributed by atoms with Crippen molar-refractivity contribution in [2.24, 2.45) is 0 Å². The quantitative estimate of drug-likeness (QED) is 0.397. The summed E-state index contributed by atoms with van der Waals surface area (Å²) in [7, 11) is 1.18. The third-order valence-electron chi connectivity index (χ3n) is 5.42. The summed E-state index contributed by atoms with van der Waals surface area (Å²) in [4.78, 5) is 52.6. The number of ether oxygens (including phenoxy) is 2. The molecule has 1 aliphatic rings. The van der Waals surface area contributed by atoms with Crippen LogP contribution in [0.15, 0.2) is 84.9 Å². The van der Waals surface area contributed by atoms with Gasteiger partial charge in [-0.25, -0.2) is 9.59 Å². The minimum absolute atomic E-state index is 0.00134. The number of amides is 3. The van der Waals surface area contributed by atoms with E-state index in [1.807, 2.05) is 12.1 Å². The second kappa shape index (κ2) is 9.99. The van der Waals surface area contributed by atoms with Gasteiger partial charge in [0.15, 0.2) is 6.04 Å². The Morgan fingerprint density at radius 1 is 0.794 bits per heavy atom. The number of rotatable bonds is 7. The average Bonchev–Trinajstić information content (AvgIpc) is 3.13. The van der Waals surface area contributed by atoms with E-state index in [4.69, 9.17) is 9.47 Å². The summed E-state index contributed by atoms with van der Waals surface area (Å²) in [6.45, 7) is -0.113. The van der Waals surface area contributed by atoms with Crippen LogP contribution in [-0.2, 0) is 27.3 Å². The summed E-state index contributed by atoms with van der Waals surface area (Å²) in [5.41, 5.74) is 1.68. The topological polar surface area (TPSA) is 93.2 Å². The molecule has 0 bridgehead atoms. The summed E-state index contributed by atoms with van der Waals surface area (Å²) in [6, 6.07) is 22.7. The van der Waals surface area contributed by atoms with Crippen molar-refractivity contribution >= 4 is 23.9 Å².